The molecule has 13 aromatic rings. The van der Waals surface area contributed by atoms with Gasteiger partial charge in [-0.1, -0.05) is 103 Å². The number of ether oxygens (including phenoxy) is 1. The Morgan fingerprint density at radius 3 is 1.41 bits per heavy atom. The second kappa shape index (κ2) is 14.2. The van der Waals surface area contributed by atoms with E-state index in [-0.39, 0.29) is 0 Å². The van der Waals surface area contributed by atoms with E-state index < -0.39 is 0 Å². The molecule has 0 spiro atoms. The molecule has 0 N–H and O–H groups in total. The summed E-state index contributed by atoms with van der Waals surface area (Å²) in [4.78, 5) is 6.98. The summed E-state index contributed by atoms with van der Waals surface area (Å²) in [7, 11) is 0. The summed E-state index contributed by atoms with van der Waals surface area (Å²) in [6, 6.07) is 66.4. The Morgan fingerprint density at radius 2 is 0.875 bits per heavy atom. The Hall–Kier alpha value is -8.75. The van der Waals surface area contributed by atoms with Crippen LogP contribution < -0.4 is 4.74 Å². The molecule has 0 fully saturated rings. The molecule has 0 saturated carbocycles. The Bertz CT molecular complexity index is 3730. The van der Waals surface area contributed by atoms with E-state index in [0.29, 0.717) is 11.5 Å². The molecule has 8 aromatic carbocycles. The summed E-state index contributed by atoms with van der Waals surface area (Å²) in [5, 5.41) is 15.7. The van der Waals surface area contributed by atoms with E-state index in [2.05, 4.69) is 195 Å². The Morgan fingerprint density at radius 1 is 0.406 bits per heavy atom. The third-order valence-corrected chi connectivity index (χ3v) is 12.6. The van der Waals surface area contributed by atoms with Crippen molar-refractivity contribution in [2.24, 2.45) is 0 Å². The van der Waals surface area contributed by atoms with Crippen molar-refractivity contribution >= 4 is 65.4 Å². The molecule has 0 bridgehead atoms. The lowest BCUT2D eigenvalue weighted by molar-refractivity contribution is 0.482. The maximum Gasteiger partial charge on any atom is 0.137 e. The number of hydrogen-bond acceptors (Lipinski definition) is 4. The highest BCUT2D eigenvalue weighted by Crippen LogP contribution is 2.43. The van der Waals surface area contributed by atoms with Crippen LogP contribution in [-0.2, 0) is 0 Å². The fourth-order valence-corrected chi connectivity index (χ4v) is 9.88. The fourth-order valence-electron chi connectivity index (χ4n) is 9.88. The van der Waals surface area contributed by atoms with Crippen molar-refractivity contribution in [1.29, 1.82) is 0 Å². The summed E-state index contributed by atoms with van der Waals surface area (Å²) >= 11 is 0. The van der Waals surface area contributed by atoms with Gasteiger partial charge in [0.1, 0.15) is 17.3 Å². The van der Waals surface area contributed by atoms with Crippen LogP contribution in [-0.4, -0.2) is 33.7 Å². The average Bonchev–Trinajstić information content (AvgIpc) is 4.14. The molecule has 64 heavy (non-hydrogen) atoms. The average molecular weight is 824 g/mol. The molecule has 5 aromatic heterocycles. The molecule has 0 aliphatic rings. The zero-order valence-electron chi connectivity index (χ0n) is 34.7. The molecule has 0 atom stereocenters. The van der Waals surface area contributed by atoms with E-state index in [1.54, 1.807) is 17.2 Å². The lowest BCUT2D eigenvalue weighted by atomic mass is 9.98. The summed E-state index contributed by atoms with van der Waals surface area (Å²) < 4.78 is 13.6. The monoisotopic (exact) mass is 823 g/mol. The zero-order chi connectivity index (χ0) is 42.3. The number of pyridine rings is 1. The highest BCUT2D eigenvalue weighted by molar-refractivity contribution is 6.12. The Labute approximate surface area is 367 Å². The van der Waals surface area contributed by atoms with Crippen LogP contribution in [0, 0.1) is 6.92 Å². The Kier molecular flexibility index (Phi) is 7.95. The van der Waals surface area contributed by atoms with E-state index in [1.807, 2.05) is 30.3 Å². The van der Waals surface area contributed by atoms with Crippen molar-refractivity contribution in [1.82, 2.24) is 33.7 Å². The highest BCUT2D eigenvalue weighted by atomic mass is 16.5. The molecule has 8 nitrogen and oxygen atoms in total. The zero-order valence-corrected chi connectivity index (χ0v) is 34.7. The number of aromatic nitrogens is 7. The predicted octanol–water partition coefficient (Wildman–Crippen LogP) is 13.7. The number of para-hydroxylation sites is 5. The molecule has 5 heterocycles. The first-order valence-electron chi connectivity index (χ1n) is 21.4. The maximum atomic E-state index is 6.52. The van der Waals surface area contributed by atoms with Crippen LogP contribution in [0.3, 0.4) is 0 Å². The number of hydrogen-bond donors (Lipinski definition) is 0. The van der Waals surface area contributed by atoms with Crippen LogP contribution in [0.4, 0.5) is 0 Å². The van der Waals surface area contributed by atoms with Crippen LogP contribution in [0.15, 0.2) is 207 Å². The highest BCUT2D eigenvalue weighted by Gasteiger charge is 2.24. The first-order valence-corrected chi connectivity index (χ1v) is 21.4. The van der Waals surface area contributed by atoms with E-state index in [9.17, 15) is 0 Å². The summed E-state index contributed by atoms with van der Waals surface area (Å²) in [5.41, 5.74) is 12.9. The van der Waals surface area contributed by atoms with Crippen molar-refractivity contribution in [3.63, 3.8) is 0 Å². The van der Waals surface area contributed by atoms with Crippen LogP contribution in [0.25, 0.3) is 99.4 Å². The van der Waals surface area contributed by atoms with Crippen LogP contribution >= 0.6 is 0 Å². The van der Waals surface area contributed by atoms with Crippen molar-refractivity contribution in [2.75, 3.05) is 0 Å². The molecule has 0 aliphatic heterocycles. The van der Waals surface area contributed by atoms with E-state index in [0.717, 1.165) is 83.4 Å². The normalized spacial score (nSPS) is 11.8. The first-order chi connectivity index (χ1) is 31.7. The van der Waals surface area contributed by atoms with E-state index in [1.165, 1.54) is 21.5 Å². The quantitative estimate of drug-likeness (QED) is 0.161. The minimum Gasteiger partial charge on any atom is -0.457 e. The van der Waals surface area contributed by atoms with Gasteiger partial charge in [0.2, 0.25) is 0 Å². The smallest absolute Gasteiger partial charge is 0.137 e. The molecule has 0 unspecified atom stereocenters. The molecular formula is C56H37N7O. The number of benzene rings is 8. The van der Waals surface area contributed by atoms with Gasteiger partial charge in [0, 0.05) is 61.8 Å². The van der Waals surface area contributed by atoms with Gasteiger partial charge in [-0.15, -0.1) is 0 Å². The minimum atomic E-state index is 0.691. The summed E-state index contributed by atoms with van der Waals surface area (Å²) in [6.07, 6.45) is 5.40. The summed E-state index contributed by atoms with van der Waals surface area (Å²) in [6.45, 7) is 2.21. The van der Waals surface area contributed by atoms with Gasteiger partial charge in [-0.25, -0.2) is 4.98 Å². The van der Waals surface area contributed by atoms with E-state index >= 15 is 0 Å². The van der Waals surface area contributed by atoms with Gasteiger partial charge >= 0.3 is 0 Å². The van der Waals surface area contributed by atoms with Gasteiger partial charge in [-0.2, -0.15) is 15.0 Å². The standard InChI is InChI=1S/C56H37N7O/c1-36-32-55(62-51-25-11-6-20-44(51)45-29-28-39(34-54(45)62)64-38-15-12-14-37(33-38)63-58-30-31-59-63)57-35-46(36)56-52(60-47-21-7-2-16-40(47)41-17-3-8-22-48(41)60)26-13-27-53(56)61-49-23-9-4-18-42(49)43-19-5-10-24-50(43)61/h2-35H,1H3. The van der Waals surface area contributed by atoms with Crippen molar-refractivity contribution < 1.29 is 4.74 Å². The van der Waals surface area contributed by atoms with Gasteiger partial charge in [0.05, 0.1) is 62.6 Å². The molecule has 0 saturated heterocycles. The maximum absolute atomic E-state index is 6.52. The van der Waals surface area contributed by atoms with Crippen molar-refractivity contribution in [2.45, 2.75) is 6.92 Å². The van der Waals surface area contributed by atoms with Gasteiger partial charge in [0.25, 0.3) is 0 Å². The van der Waals surface area contributed by atoms with Crippen LogP contribution in [0.2, 0.25) is 0 Å². The molecule has 0 aliphatic carbocycles. The lowest BCUT2D eigenvalue weighted by Crippen LogP contribution is -2.05. The third-order valence-electron chi connectivity index (χ3n) is 12.6. The van der Waals surface area contributed by atoms with E-state index in [4.69, 9.17) is 9.72 Å². The Balaban J connectivity index is 1.03. The first kappa shape index (κ1) is 36.0. The topological polar surface area (TPSA) is 67.6 Å². The molecule has 0 amide bonds. The number of nitrogens with zero attached hydrogens (tertiary/aromatic N) is 7. The SMILES string of the molecule is Cc1cc(-n2c3ccccc3c3ccc(Oc4cccc(-n5nccn5)c4)cc32)ncc1-c1c(-n2c3ccccc3c3ccccc32)cccc1-n1c2ccccc2c2ccccc21. The number of fused-ring (bicyclic) bond motifs is 9. The molecule has 302 valence electrons. The second-order valence-corrected chi connectivity index (χ2v) is 16.2. The van der Waals surface area contributed by atoms with Crippen molar-refractivity contribution in [3.8, 4) is 45.5 Å². The molecular weight excluding hydrogens is 787 g/mol. The molecule has 0 radical (unpaired) electrons. The number of rotatable bonds is 7. The molecule has 8 heteroatoms. The van der Waals surface area contributed by atoms with Crippen LogP contribution in [0.5, 0.6) is 11.5 Å². The van der Waals surface area contributed by atoms with Gasteiger partial charge in [-0.05, 0) is 85.3 Å². The van der Waals surface area contributed by atoms with Crippen molar-refractivity contribution in [3.05, 3.63) is 212 Å². The minimum absolute atomic E-state index is 0.691. The largest absolute Gasteiger partial charge is 0.457 e. The lowest BCUT2D eigenvalue weighted by Gasteiger charge is -2.21. The van der Waals surface area contributed by atoms with Crippen LogP contribution in [0.1, 0.15) is 5.56 Å². The van der Waals surface area contributed by atoms with Gasteiger partial charge in [0.15, 0.2) is 0 Å². The third kappa shape index (κ3) is 5.45. The van der Waals surface area contributed by atoms with Gasteiger partial charge < -0.3 is 13.9 Å². The second-order valence-electron chi connectivity index (χ2n) is 16.2. The van der Waals surface area contributed by atoms with Gasteiger partial charge in [-0.3, -0.25) is 4.57 Å². The predicted molar refractivity (Wildman–Crippen MR) is 259 cm³/mol. The molecule has 13 rings (SSSR count). The summed E-state index contributed by atoms with van der Waals surface area (Å²) in [5.74, 6) is 2.23. The fraction of sp³-hybridized carbons (Fsp3) is 0.0179. The number of aryl methyl sites for hydroxylation is 1.